The molecule has 3 fully saturated rings. The maximum atomic E-state index is 12.6. The Morgan fingerprint density at radius 1 is 1.13 bits per heavy atom. The number of hydrogen-bond acceptors (Lipinski definition) is 5. The van der Waals surface area contributed by atoms with Gasteiger partial charge in [-0.05, 0) is 38.1 Å². The van der Waals surface area contributed by atoms with Gasteiger partial charge in [0.05, 0.1) is 12.2 Å². The zero-order chi connectivity index (χ0) is 21.9. The molecular weight excluding hydrogens is 407 g/mol. The van der Waals surface area contributed by atoms with Crippen molar-refractivity contribution in [2.24, 2.45) is 11.8 Å². The fraction of sp³-hybridized carbons (Fsp3) is 0.632. The second-order valence-corrected chi connectivity index (χ2v) is 7.69. The van der Waals surface area contributed by atoms with E-state index in [1.54, 1.807) is 17.0 Å². The molecule has 1 N–H and O–H groups in total. The number of nitrogens with zero attached hydrogens (tertiary/aromatic N) is 3. The van der Waals surface area contributed by atoms with Gasteiger partial charge in [0, 0.05) is 38.6 Å². The van der Waals surface area contributed by atoms with E-state index in [0.29, 0.717) is 18.8 Å². The van der Waals surface area contributed by atoms with Crippen molar-refractivity contribution in [1.29, 1.82) is 0 Å². The maximum absolute atomic E-state index is 12.6. The number of carbonyl (C=O) groups is 3. The second kappa shape index (κ2) is 9.07. The Bertz CT molecular complexity index is 762. The van der Waals surface area contributed by atoms with Crippen molar-refractivity contribution in [3.8, 4) is 0 Å². The molecule has 8 nitrogen and oxygen atoms in total. The summed E-state index contributed by atoms with van der Waals surface area (Å²) in [6, 6.07) is 3.40. The number of fused-ring (bicyclic) bond motifs is 1. The number of carboxylic acid groups (broad SMARTS) is 1. The Labute approximate surface area is 171 Å². The normalized spacial score (nSPS) is 24.0. The Morgan fingerprint density at radius 2 is 1.80 bits per heavy atom. The number of aliphatic carboxylic acids is 1. The smallest absolute Gasteiger partial charge is 0.475 e. The highest BCUT2D eigenvalue weighted by Gasteiger charge is 2.47. The van der Waals surface area contributed by atoms with Crippen LogP contribution in [0.4, 0.5) is 13.2 Å². The number of rotatable bonds is 4. The molecule has 11 heteroatoms. The minimum atomic E-state index is -5.08. The first-order chi connectivity index (χ1) is 14.2. The van der Waals surface area contributed by atoms with Crippen molar-refractivity contribution >= 4 is 17.8 Å². The summed E-state index contributed by atoms with van der Waals surface area (Å²) < 4.78 is 36.9. The fourth-order valence-corrected chi connectivity index (χ4v) is 4.14. The predicted octanol–water partition coefficient (Wildman–Crippen LogP) is 1.54. The van der Waals surface area contributed by atoms with Gasteiger partial charge in [-0.2, -0.15) is 13.2 Å². The summed E-state index contributed by atoms with van der Waals surface area (Å²) in [5.74, 6) is -2.01. The van der Waals surface area contributed by atoms with Crippen LogP contribution in [-0.4, -0.2) is 89.6 Å². The quantitative estimate of drug-likeness (QED) is 0.777. The lowest BCUT2D eigenvalue weighted by atomic mass is 10.0. The monoisotopic (exact) mass is 431 g/mol. The van der Waals surface area contributed by atoms with E-state index in [9.17, 15) is 22.8 Å². The van der Waals surface area contributed by atoms with Crippen molar-refractivity contribution in [2.75, 3.05) is 45.8 Å². The lowest BCUT2D eigenvalue weighted by Crippen LogP contribution is -2.39. The van der Waals surface area contributed by atoms with E-state index in [4.69, 9.17) is 14.3 Å². The second-order valence-electron chi connectivity index (χ2n) is 7.69. The number of halogens is 3. The molecule has 0 bridgehead atoms. The predicted molar refractivity (Wildman–Crippen MR) is 97.5 cm³/mol. The van der Waals surface area contributed by atoms with Gasteiger partial charge in [0.1, 0.15) is 0 Å². The number of furan rings is 1. The molecule has 166 valence electrons. The first kappa shape index (κ1) is 22.1. The zero-order valence-electron chi connectivity index (χ0n) is 16.3. The molecule has 3 saturated heterocycles. The molecule has 2 atom stereocenters. The third-order valence-electron chi connectivity index (χ3n) is 5.67. The van der Waals surface area contributed by atoms with Gasteiger partial charge in [-0.15, -0.1) is 0 Å². The van der Waals surface area contributed by atoms with E-state index < -0.39 is 12.1 Å². The molecule has 0 radical (unpaired) electrons. The number of likely N-dealkylation sites (tertiary alicyclic amines) is 3. The number of carboxylic acids is 1. The van der Waals surface area contributed by atoms with Gasteiger partial charge >= 0.3 is 12.1 Å². The highest BCUT2D eigenvalue weighted by Crippen LogP contribution is 2.33. The molecule has 2 amide bonds. The van der Waals surface area contributed by atoms with Crippen LogP contribution in [0.3, 0.4) is 0 Å². The lowest BCUT2D eigenvalue weighted by Gasteiger charge is -2.23. The van der Waals surface area contributed by atoms with E-state index in [1.807, 2.05) is 4.90 Å². The van der Waals surface area contributed by atoms with Gasteiger partial charge in [0.25, 0.3) is 5.91 Å². The van der Waals surface area contributed by atoms with Gasteiger partial charge in [-0.1, -0.05) is 0 Å². The van der Waals surface area contributed by atoms with Crippen LogP contribution in [0.15, 0.2) is 22.8 Å². The Hall–Kier alpha value is -2.56. The third kappa shape index (κ3) is 5.13. The first-order valence-corrected chi connectivity index (χ1v) is 9.81. The Morgan fingerprint density at radius 3 is 2.33 bits per heavy atom. The zero-order valence-corrected chi connectivity index (χ0v) is 16.3. The van der Waals surface area contributed by atoms with E-state index in [-0.39, 0.29) is 23.7 Å². The molecule has 1 aromatic heterocycles. The highest BCUT2D eigenvalue weighted by atomic mass is 19.4. The molecule has 30 heavy (non-hydrogen) atoms. The van der Waals surface area contributed by atoms with Crippen LogP contribution >= 0.6 is 0 Å². The fourth-order valence-electron chi connectivity index (χ4n) is 4.14. The molecular formula is C19H24F3N3O5. The van der Waals surface area contributed by atoms with E-state index in [2.05, 4.69) is 4.90 Å². The van der Waals surface area contributed by atoms with Crippen LogP contribution in [0, 0.1) is 11.8 Å². The van der Waals surface area contributed by atoms with E-state index in [1.165, 1.54) is 32.2 Å². The summed E-state index contributed by atoms with van der Waals surface area (Å²) in [7, 11) is 0. The summed E-state index contributed by atoms with van der Waals surface area (Å²) in [5, 5.41) is 7.12. The minimum Gasteiger partial charge on any atom is -0.475 e. The third-order valence-corrected chi connectivity index (χ3v) is 5.67. The number of amides is 2. The first-order valence-electron chi connectivity index (χ1n) is 9.81. The van der Waals surface area contributed by atoms with Crippen molar-refractivity contribution in [3.05, 3.63) is 24.2 Å². The van der Waals surface area contributed by atoms with Crippen LogP contribution in [0.5, 0.6) is 0 Å². The topological polar surface area (TPSA) is 94.3 Å². The van der Waals surface area contributed by atoms with Crippen LogP contribution < -0.4 is 0 Å². The molecule has 3 aliphatic heterocycles. The van der Waals surface area contributed by atoms with Crippen LogP contribution in [-0.2, 0) is 9.59 Å². The number of hydrogen-bond donors (Lipinski definition) is 1. The van der Waals surface area contributed by atoms with E-state index in [0.717, 1.165) is 19.6 Å². The molecule has 0 aliphatic carbocycles. The van der Waals surface area contributed by atoms with Crippen LogP contribution in [0.2, 0.25) is 0 Å². The lowest BCUT2D eigenvalue weighted by molar-refractivity contribution is -0.192. The van der Waals surface area contributed by atoms with Crippen molar-refractivity contribution < 1.29 is 37.1 Å². The van der Waals surface area contributed by atoms with Crippen molar-refractivity contribution in [1.82, 2.24) is 14.7 Å². The standard InChI is InChI=1S/C17H23N3O3.C2HF3O2/c21-16-14-12-20(17(22)15-4-3-9-23-15)11-13(14)10-19(16)8-7-18-5-1-2-6-18;3-2(4,5)1(6)7/h3-4,9,13-14H,1-2,5-8,10-12H2;(H,6,7)/t13-,14+;/m1./s1. The van der Waals surface area contributed by atoms with Gasteiger partial charge in [-0.3, -0.25) is 9.59 Å². The highest BCUT2D eigenvalue weighted by molar-refractivity contribution is 5.93. The molecule has 0 saturated carbocycles. The van der Waals surface area contributed by atoms with Gasteiger partial charge < -0.3 is 24.2 Å². The average Bonchev–Trinajstić information content (AvgIpc) is 3.47. The maximum Gasteiger partial charge on any atom is 0.490 e. The molecule has 0 aromatic carbocycles. The number of alkyl halides is 3. The summed E-state index contributed by atoms with van der Waals surface area (Å²) in [5.41, 5.74) is 0. The SMILES string of the molecule is O=C(O)C(F)(F)F.O=C(c1ccco1)N1C[C@H]2CN(CCN3CCCC3)C(=O)[C@H]2C1. The number of carbonyl (C=O) groups excluding carboxylic acids is 2. The Kier molecular flexibility index (Phi) is 6.69. The molecule has 4 rings (SSSR count). The van der Waals surface area contributed by atoms with Crippen LogP contribution in [0.1, 0.15) is 23.4 Å². The van der Waals surface area contributed by atoms with Gasteiger partial charge in [-0.25, -0.2) is 4.79 Å². The van der Waals surface area contributed by atoms with Gasteiger partial charge in [0.2, 0.25) is 5.91 Å². The summed E-state index contributed by atoms with van der Waals surface area (Å²) in [6.45, 7) is 6.14. The largest absolute Gasteiger partial charge is 0.490 e. The minimum absolute atomic E-state index is 0.0208. The van der Waals surface area contributed by atoms with E-state index >= 15 is 0 Å². The molecule has 0 spiro atoms. The van der Waals surface area contributed by atoms with Crippen LogP contribution in [0.25, 0.3) is 0 Å². The summed E-state index contributed by atoms with van der Waals surface area (Å²) in [6.07, 6.45) is -1.01. The molecule has 3 aliphatic rings. The van der Waals surface area contributed by atoms with Crippen molar-refractivity contribution in [3.63, 3.8) is 0 Å². The van der Waals surface area contributed by atoms with Gasteiger partial charge in [0.15, 0.2) is 5.76 Å². The molecule has 0 unspecified atom stereocenters. The average molecular weight is 431 g/mol. The Balaban J connectivity index is 0.000000318. The summed E-state index contributed by atoms with van der Waals surface area (Å²) in [4.78, 5) is 40.0. The summed E-state index contributed by atoms with van der Waals surface area (Å²) >= 11 is 0. The molecule has 1 aromatic rings. The van der Waals surface area contributed by atoms with Crippen molar-refractivity contribution in [2.45, 2.75) is 19.0 Å². The molecule has 4 heterocycles.